The number of hydrogen-bond donors (Lipinski definition) is 3. The molecule has 0 unspecified atom stereocenters. The van der Waals surface area contributed by atoms with Crippen LogP contribution in [0.3, 0.4) is 0 Å². The molecule has 2 aliphatic rings. The average Bonchev–Trinajstić information content (AvgIpc) is 3.11. The Morgan fingerprint density at radius 1 is 1.27 bits per heavy atom. The second-order valence-corrected chi connectivity index (χ2v) is 8.93. The van der Waals surface area contributed by atoms with Gasteiger partial charge < -0.3 is 31.2 Å². The van der Waals surface area contributed by atoms with Crippen LogP contribution in [-0.2, 0) is 4.74 Å². The molecule has 1 amide bonds. The van der Waals surface area contributed by atoms with Crippen LogP contribution < -0.4 is 26.4 Å². The van der Waals surface area contributed by atoms with Gasteiger partial charge in [-0.25, -0.2) is 0 Å². The van der Waals surface area contributed by atoms with Crippen LogP contribution in [0.25, 0.3) is 10.1 Å². The fourth-order valence-corrected chi connectivity index (χ4v) is 5.24. The molecule has 1 aromatic carbocycles. The predicted molar refractivity (Wildman–Crippen MR) is 122 cm³/mol. The monoisotopic (exact) mass is 433 g/mol. The maximum atomic E-state index is 11.9. The molecular weight excluding hydrogens is 402 g/mol. The highest BCUT2D eigenvalue weighted by Crippen LogP contribution is 2.42. The van der Waals surface area contributed by atoms with Gasteiger partial charge in [-0.15, -0.1) is 11.3 Å². The highest BCUT2D eigenvalue weighted by atomic mass is 32.1. The number of amides is 1. The summed E-state index contributed by atoms with van der Waals surface area (Å²) >= 11 is 1.35. The number of rotatable bonds is 7. The van der Waals surface area contributed by atoms with Gasteiger partial charge in [-0.1, -0.05) is 0 Å². The molecule has 0 saturated carbocycles. The summed E-state index contributed by atoms with van der Waals surface area (Å²) in [7, 11) is 2.02. The summed E-state index contributed by atoms with van der Waals surface area (Å²) in [5.41, 5.74) is 13.4. The summed E-state index contributed by atoms with van der Waals surface area (Å²) in [6.45, 7) is 6.72. The number of benzene rings is 1. The number of carbonyl (C=O) groups excluding carboxylic acids is 1. The number of nitrogen functional groups attached to an aromatic ring is 1. The minimum absolute atomic E-state index is 0.397. The zero-order valence-corrected chi connectivity index (χ0v) is 18.3. The summed E-state index contributed by atoms with van der Waals surface area (Å²) in [4.78, 5) is 17.0. The molecule has 1 aromatic heterocycles. The number of thiophene rings is 1. The van der Waals surface area contributed by atoms with Crippen LogP contribution in [0.15, 0.2) is 12.1 Å². The molecule has 2 fully saturated rings. The average molecular weight is 434 g/mol. The second kappa shape index (κ2) is 9.38. The van der Waals surface area contributed by atoms with E-state index in [4.69, 9.17) is 20.9 Å². The van der Waals surface area contributed by atoms with Crippen LogP contribution in [0, 0.1) is 0 Å². The number of nitrogens with one attached hydrogen (secondary N) is 1. The zero-order chi connectivity index (χ0) is 21.1. The van der Waals surface area contributed by atoms with E-state index in [2.05, 4.69) is 27.2 Å². The van der Waals surface area contributed by atoms with E-state index in [-0.39, 0.29) is 0 Å². The summed E-state index contributed by atoms with van der Waals surface area (Å²) < 4.78 is 12.6. The molecule has 4 rings (SSSR count). The maximum Gasteiger partial charge on any atom is 0.260 e. The topological polar surface area (TPSA) is 106 Å². The van der Waals surface area contributed by atoms with Crippen molar-refractivity contribution < 1.29 is 14.3 Å². The summed E-state index contributed by atoms with van der Waals surface area (Å²) in [5.74, 6) is 0.233. The smallest absolute Gasteiger partial charge is 0.260 e. The minimum atomic E-state index is -0.496. The maximum absolute atomic E-state index is 11.9. The van der Waals surface area contributed by atoms with E-state index in [0.717, 1.165) is 80.3 Å². The first-order valence-electron chi connectivity index (χ1n) is 10.6. The van der Waals surface area contributed by atoms with E-state index in [1.165, 1.54) is 11.3 Å². The van der Waals surface area contributed by atoms with E-state index in [1.807, 2.05) is 7.05 Å². The number of morpholine rings is 1. The molecule has 164 valence electrons. The van der Waals surface area contributed by atoms with Gasteiger partial charge in [-0.3, -0.25) is 9.69 Å². The molecule has 9 heteroatoms. The van der Waals surface area contributed by atoms with Gasteiger partial charge in [0.25, 0.3) is 5.91 Å². The Labute approximate surface area is 181 Å². The Balaban J connectivity index is 1.59. The molecule has 8 nitrogen and oxygen atoms in total. The number of hydrogen-bond acceptors (Lipinski definition) is 8. The van der Waals surface area contributed by atoms with Gasteiger partial charge in [-0.05, 0) is 26.0 Å². The van der Waals surface area contributed by atoms with Crippen molar-refractivity contribution in [3.63, 3.8) is 0 Å². The van der Waals surface area contributed by atoms with Crippen LogP contribution in [0.2, 0.25) is 0 Å². The Morgan fingerprint density at radius 3 is 2.67 bits per heavy atom. The third-order valence-corrected chi connectivity index (χ3v) is 7.20. The van der Waals surface area contributed by atoms with Gasteiger partial charge in [0.15, 0.2) is 0 Å². The molecular formula is C21H31N5O3S. The third kappa shape index (κ3) is 4.49. The molecule has 2 aromatic rings. The molecule has 0 atom stereocenters. The fraction of sp³-hybridized carbons (Fsp3) is 0.571. The van der Waals surface area contributed by atoms with E-state index >= 15 is 0 Å². The fourth-order valence-electron chi connectivity index (χ4n) is 4.22. The van der Waals surface area contributed by atoms with Crippen LogP contribution >= 0.6 is 11.3 Å². The number of nitrogens with two attached hydrogens (primary N) is 2. The number of piperidine rings is 1. The van der Waals surface area contributed by atoms with E-state index in [1.54, 1.807) is 0 Å². The van der Waals surface area contributed by atoms with Crippen LogP contribution in [0.1, 0.15) is 22.5 Å². The highest BCUT2D eigenvalue weighted by Gasteiger charge is 2.23. The molecule has 5 N–H and O–H groups in total. The molecule has 3 heterocycles. The van der Waals surface area contributed by atoms with Gasteiger partial charge in [0, 0.05) is 55.2 Å². The third-order valence-electron chi connectivity index (χ3n) is 6.04. The molecule has 0 radical (unpaired) electrons. The van der Waals surface area contributed by atoms with Gasteiger partial charge in [0.05, 0.1) is 24.3 Å². The van der Waals surface area contributed by atoms with Crippen LogP contribution in [0.5, 0.6) is 5.75 Å². The summed E-state index contributed by atoms with van der Waals surface area (Å²) in [5, 5.41) is 4.16. The lowest BCUT2D eigenvalue weighted by molar-refractivity contribution is 0.0323. The minimum Gasteiger partial charge on any atom is -0.491 e. The lowest BCUT2D eigenvalue weighted by atomic mass is 10.0. The van der Waals surface area contributed by atoms with Gasteiger partial charge >= 0.3 is 0 Å². The molecule has 2 aliphatic heterocycles. The van der Waals surface area contributed by atoms with Crippen molar-refractivity contribution in [3.05, 3.63) is 17.0 Å². The predicted octanol–water partition coefficient (Wildman–Crippen LogP) is 1.48. The number of ether oxygens (including phenoxy) is 2. The largest absolute Gasteiger partial charge is 0.491 e. The van der Waals surface area contributed by atoms with E-state index in [0.29, 0.717) is 23.2 Å². The van der Waals surface area contributed by atoms with Crippen molar-refractivity contribution in [2.45, 2.75) is 18.9 Å². The van der Waals surface area contributed by atoms with Crippen molar-refractivity contribution in [2.24, 2.45) is 5.73 Å². The zero-order valence-electron chi connectivity index (χ0n) is 17.5. The molecule has 0 bridgehead atoms. The highest BCUT2D eigenvalue weighted by molar-refractivity contribution is 7.21. The van der Waals surface area contributed by atoms with E-state index in [9.17, 15) is 4.79 Å². The van der Waals surface area contributed by atoms with Crippen LogP contribution in [0.4, 0.5) is 11.4 Å². The van der Waals surface area contributed by atoms with Crippen molar-refractivity contribution in [1.82, 2.24) is 10.2 Å². The lowest BCUT2D eigenvalue weighted by Crippen LogP contribution is -2.41. The summed E-state index contributed by atoms with van der Waals surface area (Å²) in [6, 6.07) is 4.74. The number of fused-ring (bicyclic) bond motifs is 1. The summed E-state index contributed by atoms with van der Waals surface area (Å²) in [6.07, 6.45) is 2.20. The van der Waals surface area contributed by atoms with Crippen LogP contribution in [-0.4, -0.2) is 76.4 Å². The van der Waals surface area contributed by atoms with Crippen molar-refractivity contribution in [2.75, 3.05) is 70.2 Å². The molecule has 0 aliphatic carbocycles. The Kier molecular flexibility index (Phi) is 6.62. The molecule has 30 heavy (non-hydrogen) atoms. The Hall–Kier alpha value is -2.07. The van der Waals surface area contributed by atoms with Crippen molar-refractivity contribution in [3.8, 4) is 5.75 Å². The lowest BCUT2D eigenvalue weighted by Gasteiger charge is -2.33. The van der Waals surface area contributed by atoms with Gasteiger partial charge in [-0.2, -0.15) is 0 Å². The first-order valence-corrected chi connectivity index (χ1v) is 11.4. The Bertz CT molecular complexity index is 888. The first-order chi connectivity index (χ1) is 14.6. The quantitative estimate of drug-likeness (QED) is 0.607. The number of nitrogens with zero attached hydrogens (tertiary/aromatic N) is 2. The van der Waals surface area contributed by atoms with Gasteiger partial charge in [0.1, 0.15) is 17.2 Å². The Morgan fingerprint density at radius 2 is 2.00 bits per heavy atom. The first kappa shape index (κ1) is 21.2. The number of carbonyl (C=O) groups is 1. The molecule has 0 spiro atoms. The SMILES string of the molecule is CNC1CCN(c2cc(OCCN3CCOCC3)c3c(N)c(C(N)=O)sc3c2)CC1. The number of anilines is 2. The number of primary amides is 1. The van der Waals surface area contributed by atoms with E-state index < -0.39 is 5.91 Å². The standard InChI is InChI=1S/C21H31N5O3S/c1-24-14-2-4-26(5-3-14)15-12-16(29-11-8-25-6-9-28-10-7-25)18-17(13-15)30-20(19(18)22)21(23)27/h12-14,24H,2-11,22H2,1H3,(H2,23,27). The molecule has 2 saturated heterocycles. The normalized spacial score (nSPS) is 18.8. The van der Waals surface area contributed by atoms with Crippen molar-refractivity contribution >= 4 is 38.7 Å². The van der Waals surface area contributed by atoms with Gasteiger partial charge in [0.2, 0.25) is 0 Å². The van der Waals surface area contributed by atoms with Crippen molar-refractivity contribution in [1.29, 1.82) is 0 Å². The second-order valence-electron chi connectivity index (χ2n) is 7.88.